The van der Waals surface area contributed by atoms with Crippen molar-refractivity contribution >= 4 is 5.97 Å². The zero-order valence-electron chi connectivity index (χ0n) is 10.6. The topological polar surface area (TPSA) is 90.4 Å². The molecule has 3 heterocycles. The van der Waals surface area contributed by atoms with E-state index in [4.69, 9.17) is 9.47 Å². The number of rotatable bonds is 1. The molecule has 2 aliphatic heterocycles. The second-order valence-electron chi connectivity index (χ2n) is 4.92. The van der Waals surface area contributed by atoms with Crippen molar-refractivity contribution in [3.63, 3.8) is 0 Å². The van der Waals surface area contributed by atoms with Crippen molar-refractivity contribution in [1.82, 2.24) is 9.55 Å². The molecule has 7 heteroatoms. The summed E-state index contributed by atoms with van der Waals surface area (Å²) in [5, 5.41) is 0. The Balaban J connectivity index is 2.05. The molecule has 0 radical (unpaired) electrons. The molecule has 1 N–H and O–H groups in total. The maximum Gasteiger partial charge on any atom is 0.330 e. The summed E-state index contributed by atoms with van der Waals surface area (Å²) < 4.78 is 12.3. The Labute approximate surface area is 108 Å². The van der Waals surface area contributed by atoms with Crippen LogP contribution in [-0.2, 0) is 20.7 Å². The molecule has 2 aliphatic rings. The van der Waals surface area contributed by atoms with Gasteiger partial charge in [-0.2, -0.15) is 0 Å². The molecule has 1 saturated heterocycles. The number of ether oxygens (including phenoxy) is 2. The zero-order chi connectivity index (χ0) is 13.7. The maximum absolute atomic E-state index is 11.9. The van der Waals surface area contributed by atoms with Gasteiger partial charge >= 0.3 is 11.7 Å². The van der Waals surface area contributed by atoms with Gasteiger partial charge in [0.05, 0.1) is 0 Å². The van der Waals surface area contributed by atoms with E-state index in [1.165, 1.54) is 11.5 Å². The first-order chi connectivity index (χ1) is 8.97. The number of carbonyl (C=O) groups excluding carboxylic acids is 1. The normalized spacial score (nSPS) is 28.0. The number of hydrogen-bond acceptors (Lipinski definition) is 5. The van der Waals surface area contributed by atoms with Gasteiger partial charge in [0.2, 0.25) is 0 Å². The highest BCUT2D eigenvalue weighted by atomic mass is 16.6. The largest absolute Gasteiger partial charge is 0.460 e. The van der Waals surface area contributed by atoms with Crippen LogP contribution in [0, 0.1) is 6.92 Å². The Morgan fingerprint density at radius 2 is 2.21 bits per heavy atom. The van der Waals surface area contributed by atoms with Gasteiger partial charge in [-0.25, -0.2) is 4.79 Å². The number of fused-ring (bicyclic) bond motifs is 4. The maximum atomic E-state index is 11.9. The van der Waals surface area contributed by atoms with Crippen LogP contribution < -0.4 is 11.2 Å². The van der Waals surface area contributed by atoms with Gasteiger partial charge < -0.3 is 9.47 Å². The van der Waals surface area contributed by atoms with Crippen LogP contribution in [-0.4, -0.2) is 27.7 Å². The monoisotopic (exact) mass is 266 g/mol. The molecule has 3 rings (SSSR count). The first-order valence-electron chi connectivity index (χ1n) is 6.14. The summed E-state index contributed by atoms with van der Waals surface area (Å²) in [5.74, 6) is -0.370. The van der Waals surface area contributed by atoms with Gasteiger partial charge in [-0.15, -0.1) is 0 Å². The van der Waals surface area contributed by atoms with Crippen molar-refractivity contribution in [2.75, 3.05) is 0 Å². The SMILES string of the molecule is CC(=O)O[C@H]1C[C@H]2O[C@@H]1Cc1c(C)c(=O)[nH]c(=O)n12. The molecular weight excluding hydrogens is 252 g/mol. The third-order valence-corrected chi connectivity index (χ3v) is 3.68. The Bertz CT molecular complexity index is 659. The van der Waals surface area contributed by atoms with Crippen LogP contribution in [0.3, 0.4) is 0 Å². The molecule has 2 bridgehead atoms. The molecule has 0 saturated carbocycles. The average molecular weight is 266 g/mol. The van der Waals surface area contributed by atoms with Crippen molar-refractivity contribution < 1.29 is 14.3 Å². The molecule has 0 amide bonds. The summed E-state index contributed by atoms with van der Waals surface area (Å²) >= 11 is 0. The lowest BCUT2D eigenvalue weighted by atomic mass is 10.1. The standard InChI is InChI=1S/C12H14N2O5/c1-5-7-3-8-9(18-6(2)15)4-10(19-8)14(7)12(17)13-11(5)16/h8-10H,3-4H2,1-2H3,(H,13,16,17)/t8-,9+,10-/m1/s1. The predicted molar refractivity (Wildman–Crippen MR) is 63.8 cm³/mol. The van der Waals surface area contributed by atoms with Crippen molar-refractivity contribution in [3.8, 4) is 0 Å². The highest BCUT2D eigenvalue weighted by Gasteiger charge is 2.44. The van der Waals surface area contributed by atoms with Gasteiger partial charge in [0.1, 0.15) is 18.4 Å². The first kappa shape index (κ1) is 12.2. The smallest absolute Gasteiger partial charge is 0.330 e. The number of aromatic nitrogens is 2. The second-order valence-corrected chi connectivity index (χ2v) is 4.92. The van der Waals surface area contributed by atoms with E-state index in [-0.39, 0.29) is 23.7 Å². The van der Waals surface area contributed by atoms with Gasteiger partial charge in [0.25, 0.3) is 5.56 Å². The van der Waals surface area contributed by atoms with E-state index in [1.807, 2.05) is 0 Å². The highest BCUT2D eigenvalue weighted by molar-refractivity contribution is 5.66. The molecule has 7 nitrogen and oxygen atoms in total. The number of nitrogens with zero attached hydrogens (tertiary/aromatic N) is 1. The number of nitrogens with one attached hydrogen (secondary N) is 1. The van der Waals surface area contributed by atoms with E-state index in [0.717, 1.165) is 0 Å². The van der Waals surface area contributed by atoms with E-state index < -0.39 is 11.9 Å². The Hall–Kier alpha value is -1.89. The van der Waals surface area contributed by atoms with Crippen LogP contribution in [0.4, 0.5) is 0 Å². The third kappa shape index (κ3) is 1.81. The minimum absolute atomic E-state index is 0.284. The minimum Gasteiger partial charge on any atom is -0.460 e. The third-order valence-electron chi connectivity index (χ3n) is 3.68. The van der Waals surface area contributed by atoms with E-state index >= 15 is 0 Å². The molecule has 1 fully saturated rings. The number of aromatic amines is 1. The predicted octanol–water partition coefficient (Wildman–Crippen LogP) is -0.380. The molecule has 0 aliphatic carbocycles. The molecule has 19 heavy (non-hydrogen) atoms. The van der Waals surface area contributed by atoms with Crippen LogP contribution in [0.15, 0.2) is 9.59 Å². The van der Waals surface area contributed by atoms with Crippen LogP contribution >= 0.6 is 0 Å². The summed E-state index contributed by atoms with van der Waals surface area (Å²) in [6.07, 6.45) is -0.284. The fourth-order valence-electron chi connectivity index (χ4n) is 2.81. The van der Waals surface area contributed by atoms with Crippen molar-refractivity contribution in [1.29, 1.82) is 0 Å². The van der Waals surface area contributed by atoms with E-state index in [9.17, 15) is 14.4 Å². The zero-order valence-corrected chi connectivity index (χ0v) is 10.6. The van der Waals surface area contributed by atoms with Gasteiger partial charge in [0, 0.05) is 31.0 Å². The summed E-state index contributed by atoms with van der Waals surface area (Å²) in [4.78, 5) is 36.8. The fraction of sp³-hybridized carbons (Fsp3) is 0.583. The molecule has 1 aromatic heterocycles. The number of carbonyl (C=O) groups is 1. The van der Waals surface area contributed by atoms with Crippen LogP contribution in [0.1, 0.15) is 30.8 Å². The summed E-state index contributed by atoms with van der Waals surface area (Å²) in [6, 6.07) is 0. The van der Waals surface area contributed by atoms with Crippen LogP contribution in [0.25, 0.3) is 0 Å². The lowest BCUT2D eigenvalue weighted by Gasteiger charge is -2.26. The second kappa shape index (κ2) is 4.06. The van der Waals surface area contributed by atoms with Gasteiger partial charge in [-0.05, 0) is 6.92 Å². The number of hydrogen-bond donors (Lipinski definition) is 1. The van der Waals surface area contributed by atoms with Crippen LogP contribution in [0.5, 0.6) is 0 Å². The Kier molecular flexibility index (Phi) is 2.60. The summed E-state index contributed by atoms with van der Waals surface area (Å²) in [5.41, 5.74) is 0.338. The molecule has 1 aromatic rings. The van der Waals surface area contributed by atoms with E-state index in [0.29, 0.717) is 24.1 Å². The van der Waals surface area contributed by atoms with Gasteiger partial charge in [0.15, 0.2) is 0 Å². The van der Waals surface area contributed by atoms with Gasteiger partial charge in [-0.3, -0.25) is 19.1 Å². The van der Waals surface area contributed by atoms with Crippen molar-refractivity contribution in [2.24, 2.45) is 0 Å². The molecular formula is C12H14N2O5. The Morgan fingerprint density at radius 3 is 2.89 bits per heavy atom. The first-order valence-corrected chi connectivity index (χ1v) is 6.14. The van der Waals surface area contributed by atoms with E-state index in [1.54, 1.807) is 6.92 Å². The van der Waals surface area contributed by atoms with Crippen molar-refractivity contribution in [3.05, 3.63) is 32.1 Å². The molecule has 0 aromatic carbocycles. The molecule has 3 atom stereocenters. The Morgan fingerprint density at radius 1 is 1.47 bits per heavy atom. The van der Waals surface area contributed by atoms with Gasteiger partial charge in [-0.1, -0.05) is 0 Å². The number of H-pyrrole nitrogens is 1. The van der Waals surface area contributed by atoms with Crippen LogP contribution in [0.2, 0.25) is 0 Å². The summed E-state index contributed by atoms with van der Waals surface area (Å²) in [7, 11) is 0. The number of esters is 1. The molecule has 0 unspecified atom stereocenters. The fourth-order valence-corrected chi connectivity index (χ4v) is 2.81. The molecule has 102 valence electrons. The average Bonchev–Trinajstić information content (AvgIpc) is 2.62. The lowest BCUT2D eigenvalue weighted by Crippen LogP contribution is -2.41. The van der Waals surface area contributed by atoms with Crippen molar-refractivity contribution in [2.45, 2.75) is 45.1 Å². The quantitative estimate of drug-likeness (QED) is 0.700. The van der Waals surface area contributed by atoms with E-state index in [2.05, 4.69) is 4.98 Å². The minimum atomic E-state index is -0.475. The summed E-state index contributed by atoms with van der Waals surface area (Å²) in [6.45, 7) is 3.02. The lowest BCUT2D eigenvalue weighted by molar-refractivity contribution is -0.149. The highest BCUT2D eigenvalue weighted by Crippen LogP contribution is 2.36. The molecule has 0 spiro atoms.